The molecule has 3 rings (SSSR count). The SMILES string of the molecule is CCCC1=CC(c2ccsc2)C2=C(CC(C)(C)CC2=O)N1CC. The smallest absolute Gasteiger partial charge is 0.162 e. The molecule has 2 aliphatic rings. The highest BCUT2D eigenvalue weighted by Crippen LogP contribution is 2.47. The van der Waals surface area contributed by atoms with E-state index in [1.54, 1.807) is 11.3 Å². The molecular formula is C20H27NOS. The lowest BCUT2D eigenvalue weighted by Crippen LogP contribution is -2.38. The number of hydrogen-bond donors (Lipinski definition) is 0. The average Bonchev–Trinajstić information content (AvgIpc) is 2.99. The van der Waals surface area contributed by atoms with Crippen LogP contribution in [-0.2, 0) is 4.79 Å². The van der Waals surface area contributed by atoms with Crippen molar-refractivity contribution in [3.8, 4) is 0 Å². The van der Waals surface area contributed by atoms with Gasteiger partial charge in [0.15, 0.2) is 5.78 Å². The molecule has 1 aromatic heterocycles. The first-order valence-electron chi connectivity index (χ1n) is 8.73. The minimum Gasteiger partial charge on any atom is -0.349 e. The van der Waals surface area contributed by atoms with Crippen LogP contribution in [0.2, 0.25) is 0 Å². The Bertz CT molecular complexity index is 651. The topological polar surface area (TPSA) is 20.3 Å². The van der Waals surface area contributed by atoms with Crippen molar-refractivity contribution >= 4 is 17.1 Å². The number of allylic oxidation sites excluding steroid dienone is 4. The van der Waals surface area contributed by atoms with Crippen LogP contribution in [-0.4, -0.2) is 17.2 Å². The van der Waals surface area contributed by atoms with Gasteiger partial charge >= 0.3 is 0 Å². The molecular weight excluding hydrogens is 302 g/mol. The molecule has 0 aromatic carbocycles. The minimum absolute atomic E-state index is 0.0667. The van der Waals surface area contributed by atoms with Gasteiger partial charge in [0.05, 0.1) is 0 Å². The molecule has 2 nitrogen and oxygen atoms in total. The van der Waals surface area contributed by atoms with Gasteiger partial charge in [0.1, 0.15) is 0 Å². The summed E-state index contributed by atoms with van der Waals surface area (Å²) in [5.41, 5.74) is 5.09. The number of ketones is 1. The van der Waals surface area contributed by atoms with Crippen LogP contribution >= 0.6 is 11.3 Å². The van der Waals surface area contributed by atoms with Gasteiger partial charge in [-0.1, -0.05) is 33.3 Å². The molecule has 1 aliphatic heterocycles. The molecule has 1 atom stereocenters. The Morgan fingerprint density at radius 2 is 2.09 bits per heavy atom. The van der Waals surface area contributed by atoms with E-state index in [1.807, 2.05) is 0 Å². The Morgan fingerprint density at radius 1 is 1.30 bits per heavy atom. The number of rotatable bonds is 4. The van der Waals surface area contributed by atoms with Crippen LogP contribution in [0.25, 0.3) is 0 Å². The zero-order valence-electron chi connectivity index (χ0n) is 14.7. The van der Waals surface area contributed by atoms with E-state index in [1.165, 1.54) is 17.0 Å². The van der Waals surface area contributed by atoms with Gasteiger partial charge in [0.2, 0.25) is 0 Å². The summed E-state index contributed by atoms with van der Waals surface area (Å²) in [4.78, 5) is 15.4. The maximum absolute atomic E-state index is 13.0. The molecule has 124 valence electrons. The Balaban J connectivity index is 2.13. The summed E-state index contributed by atoms with van der Waals surface area (Å²) in [5.74, 6) is 0.502. The van der Waals surface area contributed by atoms with E-state index >= 15 is 0 Å². The van der Waals surface area contributed by atoms with E-state index < -0.39 is 0 Å². The molecule has 1 aromatic rings. The second-order valence-electron chi connectivity index (χ2n) is 7.49. The Morgan fingerprint density at radius 3 is 2.70 bits per heavy atom. The molecule has 0 spiro atoms. The van der Waals surface area contributed by atoms with Gasteiger partial charge < -0.3 is 4.90 Å². The van der Waals surface area contributed by atoms with Crippen LogP contribution in [0.5, 0.6) is 0 Å². The summed E-state index contributed by atoms with van der Waals surface area (Å²) in [6.07, 6.45) is 6.24. The van der Waals surface area contributed by atoms with Crippen molar-refractivity contribution in [1.29, 1.82) is 0 Å². The lowest BCUT2D eigenvalue weighted by atomic mass is 9.70. The molecule has 3 heteroatoms. The first kappa shape index (κ1) is 16.5. The fourth-order valence-corrected chi connectivity index (χ4v) is 4.71. The zero-order chi connectivity index (χ0) is 16.6. The molecule has 23 heavy (non-hydrogen) atoms. The molecule has 1 aliphatic carbocycles. The summed E-state index contributed by atoms with van der Waals surface area (Å²) < 4.78 is 0. The van der Waals surface area contributed by atoms with Crippen LogP contribution in [0.4, 0.5) is 0 Å². The zero-order valence-corrected chi connectivity index (χ0v) is 15.5. The summed E-state index contributed by atoms with van der Waals surface area (Å²) in [7, 11) is 0. The van der Waals surface area contributed by atoms with Crippen molar-refractivity contribution in [3.63, 3.8) is 0 Å². The Kier molecular flexibility index (Phi) is 4.50. The highest BCUT2D eigenvalue weighted by molar-refractivity contribution is 7.08. The van der Waals surface area contributed by atoms with E-state index in [0.29, 0.717) is 12.2 Å². The molecule has 0 fully saturated rings. The molecule has 0 saturated carbocycles. The van der Waals surface area contributed by atoms with E-state index in [-0.39, 0.29) is 11.3 Å². The second-order valence-corrected chi connectivity index (χ2v) is 8.27. The van der Waals surface area contributed by atoms with Crippen molar-refractivity contribution in [2.75, 3.05) is 6.54 Å². The third-order valence-corrected chi connectivity index (χ3v) is 5.67. The highest BCUT2D eigenvalue weighted by atomic mass is 32.1. The van der Waals surface area contributed by atoms with E-state index in [0.717, 1.165) is 31.4 Å². The Labute approximate surface area is 143 Å². The van der Waals surface area contributed by atoms with Crippen LogP contribution in [0.15, 0.2) is 39.9 Å². The second kappa shape index (κ2) is 6.27. The van der Waals surface area contributed by atoms with Crippen molar-refractivity contribution in [3.05, 3.63) is 45.4 Å². The standard InChI is InChI=1S/C20H27NOS/c1-5-7-15-10-16(14-8-9-23-13-14)19-17(21(15)6-2)11-20(3,4)12-18(19)22/h8-10,13,16H,5-7,11-12H2,1-4H3. The predicted octanol–water partition coefficient (Wildman–Crippen LogP) is 5.49. The van der Waals surface area contributed by atoms with Gasteiger partial charge in [-0.2, -0.15) is 11.3 Å². The van der Waals surface area contributed by atoms with Gasteiger partial charge in [-0.25, -0.2) is 0 Å². The number of carbonyl (C=O) groups excluding carboxylic acids is 1. The average molecular weight is 330 g/mol. The summed E-state index contributed by atoms with van der Waals surface area (Å²) in [6.45, 7) is 9.82. The van der Waals surface area contributed by atoms with Crippen molar-refractivity contribution < 1.29 is 4.79 Å². The highest BCUT2D eigenvalue weighted by Gasteiger charge is 2.40. The third-order valence-electron chi connectivity index (χ3n) is 4.96. The van der Waals surface area contributed by atoms with Crippen LogP contribution in [0.1, 0.15) is 64.9 Å². The van der Waals surface area contributed by atoms with E-state index in [4.69, 9.17) is 0 Å². The number of carbonyl (C=O) groups is 1. The monoisotopic (exact) mass is 329 g/mol. The first-order valence-corrected chi connectivity index (χ1v) is 9.67. The quantitative estimate of drug-likeness (QED) is 0.727. The van der Waals surface area contributed by atoms with Gasteiger partial charge in [-0.15, -0.1) is 0 Å². The number of hydrogen-bond acceptors (Lipinski definition) is 3. The maximum atomic E-state index is 13.0. The lowest BCUT2D eigenvalue weighted by molar-refractivity contribution is -0.118. The molecule has 1 unspecified atom stereocenters. The fourth-order valence-electron chi connectivity index (χ4n) is 4.02. The molecule has 0 bridgehead atoms. The molecule has 0 saturated heterocycles. The van der Waals surface area contributed by atoms with Crippen molar-refractivity contribution in [2.45, 2.75) is 59.3 Å². The summed E-state index contributed by atoms with van der Waals surface area (Å²) in [6, 6.07) is 2.18. The van der Waals surface area contributed by atoms with E-state index in [9.17, 15) is 4.79 Å². The Hall–Kier alpha value is -1.35. The number of thiophene rings is 1. The molecule has 2 heterocycles. The number of nitrogens with zero attached hydrogens (tertiary/aromatic N) is 1. The van der Waals surface area contributed by atoms with Gasteiger partial charge in [-0.05, 0) is 47.6 Å². The normalized spacial score (nSPS) is 23.8. The van der Waals surface area contributed by atoms with Crippen LogP contribution in [0, 0.1) is 5.41 Å². The van der Waals surface area contributed by atoms with E-state index in [2.05, 4.69) is 55.5 Å². The van der Waals surface area contributed by atoms with Gasteiger partial charge in [0.25, 0.3) is 0 Å². The lowest BCUT2D eigenvalue weighted by Gasteiger charge is -2.43. The molecule has 0 N–H and O–H groups in total. The van der Waals surface area contributed by atoms with Crippen LogP contribution < -0.4 is 0 Å². The molecule has 0 radical (unpaired) electrons. The largest absolute Gasteiger partial charge is 0.349 e. The first-order chi connectivity index (χ1) is 11.0. The molecule has 0 amide bonds. The third kappa shape index (κ3) is 3.03. The maximum Gasteiger partial charge on any atom is 0.162 e. The van der Waals surface area contributed by atoms with Crippen LogP contribution in [0.3, 0.4) is 0 Å². The predicted molar refractivity (Wildman–Crippen MR) is 97.5 cm³/mol. The van der Waals surface area contributed by atoms with Crippen molar-refractivity contribution in [2.24, 2.45) is 5.41 Å². The van der Waals surface area contributed by atoms with Gasteiger partial charge in [-0.3, -0.25) is 4.79 Å². The van der Waals surface area contributed by atoms with Gasteiger partial charge in [0, 0.05) is 35.9 Å². The fraction of sp³-hybridized carbons (Fsp3) is 0.550. The number of Topliss-reactive ketones (excluding diaryl/α,β-unsaturated/α-hetero) is 1. The summed E-state index contributed by atoms with van der Waals surface area (Å²) >= 11 is 1.72. The minimum atomic E-state index is 0.0667. The van der Waals surface area contributed by atoms with Crippen molar-refractivity contribution in [1.82, 2.24) is 4.90 Å². The summed E-state index contributed by atoms with van der Waals surface area (Å²) in [5, 5.41) is 4.32.